The highest BCUT2D eigenvalue weighted by molar-refractivity contribution is 5.90. The molecule has 3 rings (SSSR count). The summed E-state index contributed by atoms with van der Waals surface area (Å²) in [6.45, 7) is 18.6. The summed E-state index contributed by atoms with van der Waals surface area (Å²) in [6, 6.07) is 14.1. The van der Waals surface area contributed by atoms with Gasteiger partial charge in [-0.25, -0.2) is 4.79 Å². The Labute approximate surface area is 383 Å². The molecule has 14 nitrogen and oxygen atoms in total. The van der Waals surface area contributed by atoms with Gasteiger partial charge in [-0.2, -0.15) is 0 Å². The first kappa shape index (κ1) is 53.8. The molecule has 0 radical (unpaired) electrons. The van der Waals surface area contributed by atoms with Gasteiger partial charge in [0.15, 0.2) is 0 Å². The van der Waals surface area contributed by atoms with Crippen molar-refractivity contribution in [3.05, 3.63) is 65.7 Å². The van der Waals surface area contributed by atoms with Crippen LogP contribution in [0.25, 0.3) is 0 Å². The van der Waals surface area contributed by atoms with Crippen molar-refractivity contribution in [2.45, 2.75) is 149 Å². The summed E-state index contributed by atoms with van der Waals surface area (Å²) in [4.78, 5) is 75.2. The monoisotopic (exact) mass is 894 g/mol. The number of hydrogen-bond donors (Lipinski definition) is 2. The molecule has 0 saturated carbocycles. The van der Waals surface area contributed by atoms with E-state index in [-0.39, 0.29) is 60.3 Å². The van der Waals surface area contributed by atoms with Gasteiger partial charge in [0.05, 0.1) is 55.9 Å². The first-order valence-corrected chi connectivity index (χ1v) is 23.1. The van der Waals surface area contributed by atoms with Gasteiger partial charge in [0.25, 0.3) is 0 Å². The Morgan fingerprint density at radius 3 is 2.03 bits per heavy atom. The van der Waals surface area contributed by atoms with Crippen molar-refractivity contribution in [2.24, 2.45) is 23.7 Å². The van der Waals surface area contributed by atoms with Crippen LogP contribution < -0.4 is 15.4 Å². The standard InChI is InChI=1S/C50H79N5O9/c1-15-34(8)45(54(11)49(59)43(31(2)3)52-48(58)44(32(4)5)53(10)30-37-23-19-24-38(27-37)64-33(6)7)41(61-12)29-42(56)55-26-20-25-40(55)46(62-13)35(9)47(57)51-39(50(60)63-14)28-36-21-17-16-18-22-36/h16-19,21-24,27,31-35,39-41,43-46H,15,20,25-26,28-30H2,1-14H3,(H,51,57)(H,52,58)/t34-,35+,39-,40-,41+,43-,44-,45-,46+/m0/s1. The van der Waals surface area contributed by atoms with Gasteiger partial charge in [-0.3, -0.25) is 24.1 Å². The zero-order valence-corrected chi connectivity index (χ0v) is 41.1. The number of nitrogens with one attached hydrogen (secondary N) is 2. The second-order valence-electron chi connectivity index (χ2n) is 18.5. The van der Waals surface area contributed by atoms with Gasteiger partial charge >= 0.3 is 5.97 Å². The average Bonchev–Trinajstić information content (AvgIpc) is 3.74. The maximum atomic E-state index is 14.6. The number of carbonyl (C=O) groups is 5. The Bertz CT molecular complexity index is 1790. The second kappa shape index (κ2) is 25.8. The molecule has 64 heavy (non-hydrogen) atoms. The summed E-state index contributed by atoms with van der Waals surface area (Å²) < 4.78 is 23.0. The second-order valence-corrected chi connectivity index (χ2v) is 18.5. The molecule has 1 heterocycles. The lowest BCUT2D eigenvalue weighted by atomic mass is 9.89. The van der Waals surface area contributed by atoms with E-state index in [9.17, 15) is 24.0 Å². The topological polar surface area (TPSA) is 156 Å². The van der Waals surface area contributed by atoms with E-state index >= 15 is 0 Å². The molecule has 4 amide bonds. The molecule has 14 heteroatoms. The number of rotatable bonds is 25. The van der Waals surface area contributed by atoms with Crippen molar-refractivity contribution in [3.63, 3.8) is 0 Å². The van der Waals surface area contributed by atoms with Crippen LogP contribution in [0.3, 0.4) is 0 Å². The summed E-state index contributed by atoms with van der Waals surface area (Å²) in [5.74, 6) is -1.91. The van der Waals surface area contributed by atoms with Gasteiger partial charge in [-0.1, -0.05) is 97.4 Å². The van der Waals surface area contributed by atoms with Crippen molar-refractivity contribution in [1.82, 2.24) is 25.3 Å². The number of amides is 4. The summed E-state index contributed by atoms with van der Waals surface area (Å²) in [7, 11) is 8.02. The number of likely N-dealkylation sites (N-methyl/N-ethyl adjacent to an activating group) is 2. The van der Waals surface area contributed by atoms with Gasteiger partial charge in [-0.05, 0) is 74.8 Å². The number of esters is 1. The Morgan fingerprint density at radius 1 is 0.812 bits per heavy atom. The third-order valence-electron chi connectivity index (χ3n) is 12.7. The molecule has 2 N–H and O–H groups in total. The van der Waals surface area contributed by atoms with Gasteiger partial charge < -0.3 is 39.4 Å². The summed E-state index contributed by atoms with van der Waals surface area (Å²) in [6.07, 6.45) is 0.995. The zero-order chi connectivity index (χ0) is 47.8. The maximum Gasteiger partial charge on any atom is 0.328 e. The highest BCUT2D eigenvalue weighted by Crippen LogP contribution is 2.30. The number of methoxy groups -OCH3 is 3. The third-order valence-corrected chi connectivity index (χ3v) is 12.7. The normalized spacial score (nSPS) is 17.9. The molecular formula is C50H79N5O9. The third kappa shape index (κ3) is 14.7. The predicted octanol–water partition coefficient (Wildman–Crippen LogP) is 5.89. The number of ether oxygens (including phenoxy) is 4. The number of nitrogens with zero attached hydrogens (tertiary/aromatic N) is 3. The smallest absolute Gasteiger partial charge is 0.328 e. The molecule has 9 atom stereocenters. The Morgan fingerprint density at radius 2 is 1.47 bits per heavy atom. The van der Waals surface area contributed by atoms with Crippen LogP contribution in [-0.2, 0) is 51.1 Å². The van der Waals surface area contributed by atoms with Crippen LogP contribution in [0.5, 0.6) is 5.75 Å². The molecule has 0 unspecified atom stereocenters. The van der Waals surface area contributed by atoms with E-state index in [1.165, 1.54) is 14.2 Å². The molecule has 2 aromatic carbocycles. The van der Waals surface area contributed by atoms with Crippen molar-refractivity contribution >= 4 is 29.6 Å². The van der Waals surface area contributed by atoms with Crippen LogP contribution in [0.15, 0.2) is 54.6 Å². The first-order valence-electron chi connectivity index (χ1n) is 23.1. The molecule has 1 saturated heterocycles. The first-order chi connectivity index (χ1) is 30.3. The minimum absolute atomic E-state index is 0.0134. The van der Waals surface area contributed by atoms with Gasteiger partial charge in [-0.15, -0.1) is 0 Å². The number of benzene rings is 2. The van der Waals surface area contributed by atoms with E-state index < -0.39 is 54.3 Å². The molecule has 0 aromatic heterocycles. The molecule has 358 valence electrons. The highest BCUT2D eigenvalue weighted by atomic mass is 16.5. The van der Waals surface area contributed by atoms with Crippen LogP contribution in [0.1, 0.15) is 99.1 Å². The fourth-order valence-electron chi connectivity index (χ4n) is 9.15. The van der Waals surface area contributed by atoms with Gasteiger partial charge in [0.1, 0.15) is 17.8 Å². The molecule has 0 aliphatic carbocycles. The van der Waals surface area contributed by atoms with E-state index in [1.807, 2.05) is 122 Å². The minimum atomic E-state index is -0.902. The zero-order valence-electron chi connectivity index (χ0n) is 41.1. The van der Waals surface area contributed by atoms with E-state index in [1.54, 1.807) is 30.9 Å². The fraction of sp³-hybridized carbons (Fsp3) is 0.660. The van der Waals surface area contributed by atoms with E-state index in [0.29, 0.717) is 25.9 Å². The van der Waals surface area contributed by atoms with Crippen molar-refractivity contribution < 1.29 is 42.9 Å². The van der Waals surface area contributed by atoms with E-state index in [2.05, 4.69) is 10.6 Å². The number of hydrogen-bond acceptors (Lipinski definition) is 10. The summed E-state index contributed by atoms with van der Waals surface area (Å²) in [5, 5.41) is 6.00. The number of likely N-dealkylation sites (tertiary alicyclic amines) is 1. The lowest BCUT2D eigenvalue weighted by molar-refractivity contribution is -0.149. The Hall–Kier alpha value is -4.53. The molecular weight excluding hydrogens is 815 g/mol. The minimum Gasteiger partial charge on any atom is -0.491 e. The molecule has 0 spiro atoms. The van der Waals surface area contributed by atoms with Crippen molar-refractivity contribution in [1.29, 1.82) is 0 Å². The van der Waals surface area contributed by atoms with Crippen LogP contribution in [0, 0.1) is 23.7 Å². The van der Waals surface area contributed by atoms with Crippen LogP contribution in [-0.4, -0.2) is 135 Å². The molecule has 0 bridgehead atoms. The fourth-order valence-corrected chi connectivity index (χ4v) is 9.15. The molecule has 2 aromatic rings. The lowest BCUT2D eigenvalue weighted by Crippen LogP contribution is -2.60. The lowest BCUT2D eigenvalue weighted by Gasteiger charge is -2.41. The van der Waals surface area contributed by atoms with Gasteiger partial charge in [0.2, 0.25) is 23.6 Å². The van der Waals surface area contributed by atoms with Gasteiger partial charge in [0, 0.05) is 40.8 Å². The highest BCUT2D eigenvalue weighted by Gasteiger charge is 2.43. The Balaban J connectivity index is 1.79. The quantitative estimate of drug-likeness (QED) is 0.115. The van der Waals surface area contributed by atoms with Crippen LogP contribution >= 0.6 is 0 Å². The van der Waals surface area contributed by atoms with Crippen molar-refractivity contribution in [2.75, 3.05) is 42.0 Å². The largest absolute Gasteiger partial charge is 0.491 e. The van der Waals surface area contributed by atoms with Crippen molar-refractivity contribution in [3.8, 4) is 5.75 Å². The SMILES string of the molecule is CC[C@H](C)[C@@H]([C@@H](CC(=O)N1CCC[C@H]1[C@H](OC)[C@@H](C)C(=O)N[C@@H](Cc1ccccc1)C(=O)OC)OC)N(C)C(=O)[C@@H](NC(=O)[C@H](C(C)C)N(C)Cc1cccc(OC(C)C)c1)C(C)C. The molecule has 1 aliphatic heterocycles. The van der Waals surface area contributed by atoms with Crippen LogP contribution in [0.4, 0.5) is 0 Å². The Kier molecular flexibility index (Phi) is 21.7. The summed E-state index contributed by atoms with van der Waals surface area (Å²) in [5.41, 5.74) is 1.88. The molecule has 1 aliphatic rings. The van der Waals surface area contributed by atoms with E-state index in [0.717, 1.165) is 23.3 Å². The van der Waals surface area contributed by atoms with E-state index in [4.69, 9.17) is 18.9 Å². The predicted molar refractivity (Wildman–Crippen MR) is 249 cm³/mol. The summed E-state index contributed by atoms with van der Waals surface area (Å²) >= 11 is 0. The average molecular weight is 894 g/mol. The van der Waals surface area contributed by atoms with Crippen LogP contribution in [0.2, 0.25) is 0 Å². The molecule has 1 fully saturated rings. The number of carbonyl (C=O) groups excluding carboxylic acids is 5. The maximum absolute atomic E-state index is 14.6.